The van der Waals surface area contributed by atoms with Gasteiger partial charge in [0.15, 0.2) is 0 Å². The predicted molar refractivity (Wildman–Crippen MR) is 113 cm³/mol. The number of fused-ring (bicyclic) bond motifs is 1. The van der Waals surface area contributed by atoms with Gasteiger partial charge in [0.2, 0.25) is 0 Å². The van der Waals surface area contributed by atoms with E-state index >= 15 is 0 Å². The summed E-state index contributed by atoms with van der Waals surface area (Å²) in [6, 6.07) is 8.45. The smallest absolute Gasteiger partial charge is 0.132 e. The average Bonchev–Trinajstić information content (AvgIpc) is 3.18. The zero-order valence-electron chi connectivity index (χ0n) is 15.6. The highest BCUT2D eigenvalue weighted by Crippen LogP contribution is 2.29. The highest BCUT2D eigenvalue weighted by atomic mass is 35.5. The van der Waals surface area contributed by atoms with Crippen molar-refractivity contribution in [3.8, 4) is 11.4 Å². The number of H-pyrrole nitrogens is 1. The Bertz CT molecular complexity index is 1020. The molecule has 0 amide bonds. The zero-order valence-corrected chi connectivity index (χ0v) is 16.4. The van der Waals surface area contributed by atoms with Crippen molar-refractivity contribution in [3.05, 3.63) is 42.2 Å². The van der Waals surface area contributed by atoms with Crippen LogP contribution in [-0.2, 0) is 4.74 Å². The van der Waals surface area contributed by atoms with E-state index in [1.54, 1.807) is 12.5 Å². The molecule has 28 heavy (non-hydrogen) atoms. The molecule has 8 heteroatoms. The number of halogens is 1. The molecule has 0 saturated carbocycles. The summed E-state index contributed by atoms with van der Waals surface area (Å²) >= 11 is 5.59. The number of aromatic nitrogens is 4. The second-order valence-electron chi connectivity index (χ2n) is 6.49. The van der Waals surface area contributed by atoms with Gasteiger partial charge in [-0.3, -0.25) is 10.1 Å². The van der Waals surface area contributed by atoms with Crippen molar-refractivity contribution >= 4 is 40.1 Å². The van der Waals surface area contributed by atoms with E-state index in [0.29, 0.717) is 13.2 Å². The van der Waals surface area contributed by atoms with Gasteiger partial charge in [0.1, 0.15) is 23.8 Å². The Morgan fingerprint density at radius 3 is 2.96 bits per heavy atom. The highest BCUT2D eigenvalue weighted by molar-refractivity contribution is 6.18. The van der Waals surface area contributed by atoms with Gasteiger partial charge in [-0.15, -0.1) is 11.6 Å². The number of aliphatic imine (C=N–C) groups is 1. The van der Waals surface area contributed by atoms with Crippen molar-refractivity contribution in [3.63, 3.8) is 0 Å². The normalized spacial score (nSPS) is 15.6. The summed E-state index contributed by atoms with van der Waals surface area (Å²) in [4.78, 5) is 15.1. The molecule has 4 rings (SSSR count). The lowest BCUT2D eigenvalue weighted by molar-refractivity contribution is 0.122. The van der Waals surface area contributed by atoms with Crippen LogP contribution in [0.4, 0.5) is 5.82 Å². The van der Waals surface area contributed by atoms with E-state index in [9.17, 15) is 0 Å². The van der Waals surface area contributed by atoms with Gasteiger partial charge >= 0.3 is 0 Å². The van der Waals surface area contributed by atoms with E-state index < -0.39 is 0 Å². The summed E-state index contributed by atoms with van der Waals surface area (Å²) in [7, 11) is 0. The minimum atomic E-state index is 0.258. The quantitative estimate of drug-likeness (QED) is 0.405. The van der Waals surface area contributed by atoms with Gasteiger partial charge in [-0.05, 0) is 36.3 Å². The molecule has 0 bridgehead atoms. The number of rotatable bonds is 5. The molecule has 0 unspecified atom stereocenters. The number of allylic oxidation sites excluding steroid dienone is 2. The minimum Gasteiger partial charge on any atom is -0.378 e. The number of ether oxygens (including phenoxy) is 1. The van der Waals surface area contributed by atoms with Crippen LogP contribution in [0.3, 0.4) is 0 Å². The third kappa shape index (κ3) is 3.90. The first-order valence-electron chi connectivity index (χ1n) is 9.12. The van der Waals surface area contributed by atoms with Gasteiger partial charge in [-0.25, -0.2) is 9.97 Å². The van der Waals surface area contributed by atoms with Crippen LogP contribution in [-0.4, -0.2) is 58.7 Å². The van der Waals surface area contributed by atoms with Crippen molar-refractivity contribution in [2.24, 2.45) is 4.99 Å². The molecular formula is C20H21ClN6O. The lowest BCUT2D eigenvalue weighted by Crippen LogP contribution is -2.36. The molecule has 3 heterocycles. The van der Waals surface area contributed by atoms with E-state index in [-0.39, 0.29) is 6.00 Å². The Balaban J connectivity index is 1.70. The Kier molecular flexibility index (Phi) is 5.64. The molecule has 0 spiro atoms. The summed E-state index contributed by atoms with van der Waals surface area (Å²) in [5.41, 5.74) is 4.77. The SMILES string of the molecule is C/C(=C\C=NCCl)c1ccc2[nH]nc(-c3cc(N4CCOCC4)ncn3)c2c1. The first kappa shape index (κ1) is 18.6. The minimum absolute atomic E-state index is 0.258. The fraction of sp³-hybridized carbons (Fsp3) is 0.300. The molecular weight excluding hydrogens is 376 g/mol. The van der Waals surface area contributed by atoms with E-state index in [0.717, 1.165) is 52.3 Å². The molecule has 1 aromatic carbocycles. The predicted octanol–water partition coefficient (Wildman–Crippen LogP) is 3.53. The van der Waals surface area contributed by atoms with Gasteiger partial charge in [-0.1, -0.05) is 6.07 Å². The number of hydrogen-bond acceptors (Lipinski definition) is 6. The molecule has 1 aliphatic rings. The first-order chi connectivity index (χ1) is 13.8. The lowest BCUT2D eigenvalue weighted by atomic mass is 10.0. The van der Waals surface area contributed by atoms with E-state index in [2.05, 4.69) is 42.2 Å². The zero-order chi connectivity index (χ0) is 19.3. The summed E-state index contributed by atoms with van der Waals surface area (Å²) in [5, 5.41) is 8.62. The Morgan fingerprint density at radius 2 is 2.14 bits per heavy atom. The van der Waals surface area contributed by atoms with Crippen LogP contribution in [0.25, 0.3) is 27.9 Å². The summed E-state index contributed by atoms with van der Waals surface area (Å²) in [5.74, 6) is 0.897. The van der Waals surface area contributed by atoms with Crippen LogP contribution in [0.15, 0.2) is 41.7 Å². The van der Waals surface area contributed by atoms with Crippen molar-refractivity contribution in [2.45, 2.75) is 6.92 Å². The Hall–Kier alpha value is -2.77. The van der Waals surface area contributed by atoms with Crippen molar-refractivity contribution in [2.75, 3.05) is 37.2 Å². The van der Waals surface area contributed by atoms with Crippen LogP contribution in [0.5, 0.6) is 0 Å². The van der Waals surface area contributed by atoms with Crippen LogP contribution in [0, 0.1) is 0 Å². The van der Waals surface area contributed by atoms with Gasteiger partial charge in [-0.2, -0.15) is 5.10 Å². The first-order valence-corrected chi connectivity index (χ1v) is 9.66. The van der Waals surface area contributed by atoms with Crippen molar-refractivity contribution < 1.29 is 4.74 Å². The number of benzene rings is 1. The van der Waals surface area contributed by atoms with Gasteiger partial charge in [0, 0.05) is 30.8 Å². The second-order valence-corrected chi connectivity index (χ2v) is 6.73. The molecule has 144 valence electrons. The maximum absolute atomic E-state index is 5.59. The number of nitrogens with zero attached hydrogens (tertiary/aromatic N) is 5. The van der Waals surface area contributed by atoms with E-state index in [1.165, 1.54) is 0 Å². The fourth-order valence-electron chi connectivity index (χ4n) is 3.20. The summed E-state index contributed by atoms with van der Waals surface area (Å²) < 4.78 is 5.43. The van der Waals surface area contributed by atoms with E-state index in [1.807, 2.05) is 25.1 Å². The second kappa shape index (κ2) is 8.50. The Labute approximate surface area is 168 Å². The van der Waals surface area contributed by atoms with Crippen molar-refractivity contribution in [1.29, 1.82) is 0 Å². The third-order valence-corrected chi connectivity index (χ3v) is 4.89. The molecule has 0 radical (unpaired) electrons. The molecule has 3 aromatic rings. The largest absolute Gasteiger partial charge is 0.378 e. The Morgan fingerprint density at radius 1 is 1.29 bits per heavy atom. The van der Waals surface area contributed by atoms with Crippen LogP contribution < -0.4 is 4.90 Å². The van der Waals surface area contributed by atoms with Crippen LogP contribution in [0.2, 0.25) is 0 Å². The molecule has 1 saturated heterocycles. The molecule has 7 nitrogen and oxygen atoms in total. The number of alkyl halides is 1. The molecule has 1 fully saturated rings. The number of anilines is 1. The standard InChI is InChI=1S/C20H21ClN6O/c1-14(4-5-22-12-21)15-2-3-17-16(10-15)20(26-25-17)18-11-19(24-13-23-18)27-6-8-28-9-7-27/h2-5,10-11,13H,6-9,12H2,1H3,(H,25,26)/b14-4+,22-5?. The van der Waals surface area contributed by atoms with Crippen molar-refractivity contribution in [1.82, 2.24) is 20.2 Å². The molecule has 0 aliphatic carbocycles. The van der Waals surface area contributed by atoms with E-state index in [4.69, 9.17) is 16.3 Å². The summed E-state index contributed by atoms with van der Waals surface area (Å²) in [6.07, 6.45) is 5.27. The number of nitrogens with one attached hydrogen (secondary N) is 1. The molecule has 1 N–H and O–H groups in total. The molecule has 0 atom stereocenters. The molecule has 1 aliphatic heterocycles. The maximum atomic E-state index is 5.59. The van der Waals surface area contributed by atoms with Crippen LogP contribution >= 0.6 is 11.6 Å². The number of hydrogen-bond donors (Lipinski definition) is 1. The lowest BCUT2D eigenvalue weighted by Gasteiger charge is -2.27. The van der Waals surface area contributed by atoms with Crippen LogP contribution in [0.1, 0.15) is 12.5 Å². The summed E-state index contributed by atoms with van der Waals surface area (Å²) in [6.45, 7) is 5.13. The third-order valence-electron chi connectivity index (χ3n) is 4.75. The molecule has 2 aromatic heterocycles. The van der Waals surface area contributed by atoms with Gasteiger partial charge in [0.25, 0.3) is 0 Å². The maximum Gasteiger partial charge on any atom is 0.132 e. The highest BCUT2D eigenvalue weighted by Gasteiger charge is 2.16. The number of aromatic amines is 1. The average molecular weight is 397 g/mol. The van der Waals surface area contributed by atoms with Gasteiger partial charge in [0.05, 0.1) is 24.4 Å². The topological polar surface area (TPSA) is 79.3 Å². The fourth-order valence-corrected chi connectivity index (χ4v) is 3.28. The monoisotopic (exact) mass is 396 g/mol. The van der Waals surface area contributed by atoms with Gasteiger partial charge < -0.3 is 9.64 Å². The number of morpholine rings is 1.